The highest BCUT2D eigenvalue weighted by atomic mass is 16.5. The third-order valence-electron chi connectivity index (χ3n) is 1.20. The number of hydrogen-bond donors (Lipinski definition) is 2. The van der Waals surface area contributed by atoms with E-state index < -0.39 is 6.23 Å². The Morgan fingerprint density at radius 1 is 1.44 bits per heavy atom. The second-order valence-electron chi connectivity index (χ2n) is 2.36. The minimum atomic E-state index is -0.718. The molecule has 2 N–H and O–H groups in total. The molecular formula is C6H15NO2. The van der Waals surface area contributed by atoms with E-state index in [9.17, 15) is 0 Å². The second kappa shape index (κ2) is 3.82. The molecule has 0 aliphatic heterocycles. The first-order valence-electron chi connectivity index (χ1n) is 3.24. The number of hydrogen-bond acceptors (Lipinski definition) is 3. The van der Waals surface area contributed by atoms with E-state index in [1.165, 1.54) is 0 Å². The normalized spacial score (nSPS) is 15.0. The summed E-state index contributed by atoms with van der Waals surface area (Å²) < 4.78 is 0. The van der Waals surface area contributed by atoms with Crippen LogP contribution in [0.3, 0.4) is 0 Å². The fraction of sp³-hybridized carbons (Fsp3) is 1.00. The molecule has 9 heavy (non-hydrogen) atoms. The van der Waals surface area contributed by atoms with Crippen LogP contribution in [0.1, 0.15) is 27.2 Å². The van der Waals surface area contributed by atoms with Crippen molar-refractivity contribution < 1.29 is 10.3 Å². The van der Waals surface area contributed by atoms with Gasteiger partial charge in [-0.05, 0) is 20.3 Å². The molecule has 0 aromatic heterocycles. The Kier molecular flexibility index (Phi) is 3.77. The molecule has 56 valence electrons. The Hall–Kier alpha value is -0.120. The van der Waals surface area contributed by atoms with Gasteiger partial charge in [0.2, 0.25) is 0 Å². The number of aliphatic hydroxyl groups is 1. The van der Waals surface area contributed by atoms with Gasteiger partial charge in [0, 0.05) is 6.04 Å². The van der Waals surface area contributed by atoms with Gasteiger partial charge in [-0.15, -0.1) is 0 Å². The van der Waals surface area contributed by atoms with Gasteiger partial charge in [0.15, 0.2) is 0 Å². The van der Waals surface area contributed by atoms with Gasteiger partial charge in [-0.2, -0.15) is 5.06 Å². The number of nitrogens with zero attached hydrogens (tertiary/aromatic N) is 1. The first-order valence-corrected chi connectivity index (χ1v) is 3.24. The summed E-state index contributed by atoms with van der Waals surface area (Å²) in [6, 6.07) is -0.0139. The maximum Gasteiger partial charge on any atom is 0.129 e. The molecule has 0 saturated carbocycles. The molecule has 0 spiro atoms. The van der Waals surface area contributed by atoms with Crippen LogP contribution in [0.2, 0.25) is 0 Å². The minimum absolute atomic E-state index is 0.0139. The summed E-state index contributed by atoms with van der Waals surface area (Å²) in [4.78, 5) is 0. The highest BCUT2D eigenvalue weighted by Crippen LogP contribution is 2.00. The molecule has 0 rings (SSSR count). The molecule has 0 aliphatic carbocycles. The summed E-state index contributed by atoms with van der Waals surface area (Å²) in [5.41, 5.74) is 0. The maximum atomic E-state index is 8.98. The van der Waals surface area contributed by atoms with Crippen molar-refractivity contribution in [3.63, 3.8) is 0 Å². The smallest absolute Gasteiger partial charge is 0.129 e. The molecule has 0 fully saturated rings. The van der Waals surface area contributed by atoms with Crippen LogP contribution in [0, 0.1) is 0 Å². The van der Waals surface area contributed by atoms with Gasteiger partial charge in [-0.3, -0.25) is 0 Å². The third-order valence-corrected chi connectivity index (χ3v) is 1.20. The van der Waals surface area contributed by atoms with Gasteiger partial charge in [-0.1, -0.05) is 6.92 Å². The summed E-state index contributed by atoms with van der Waals surface area (Å²) in [7, 11) is 0. The van der Waals surface area contributed by atoms with Gasteiger partial charge < -0.3 is 10.3 Å². The Labute approximate surface area is 55.9 Å². The van der Waals surface area contributed by atoms with Gasteiger partial charge >= 0.3 is 0 Å². The van der Waals surface area contributed by atoms with E-state index in [2.05, 4.69) is 0 Å². The summed E-state index contributed by atoms with van der Waals surface area (Å²) >= 11 is 0. The van der Waals surface area contributed by atoms with E-state index in [0.717, 1.165) is 5.06 Å². The lowest BCUT2D eigenvalue weighted by Crippen LogP contribution is -2.36. The van der Waals surface area contributed by atoms with Crippen LogP contribution >= 0.6 is 0 Å². The molecule has 0 aromatic rings. The first kappa shape index (κ1) is 8.88. The van der Waals surface area contributed by atoms with Gasteiger partial charge in [-0.25, -0.2) is 0 Å². The fourth-order valence-corrected chi connectivity index (χ4v) is 0.531. The zero-order valence-electron chi connectivity index (χ0n) is 6.20. The lowest BCUT2D eigenvalue weighted by molar-refractivity contribution is -0.215. The fourth-order valence-electron chi connectivity index (χ4n) is 0.531. The van der Waals surface area contributed by atoms with Crippen molar-refractivity contribution in [1.82, 2.24) is 5.06 Å². The predicted octanol–water partition coefficient (Wildman–Crippen LogP) is 0.814. The summed E-state index contributed by atoms with van der Waals surface area (Å²) in [6.07, 6.45) is -0.167. The van der Waals surface area contributed by atoms with Gasteiger partial charge in [0.25, 0.3) is 0 Å². The standard InChI is InChI=1S/C6H15NO2/c1-4-6(8)7(9)5(2)3/h5-6,8-9H,4H2,1-3H3. The van der Waals surface area contributed by atoms with E-state index in [-0.39, 0.29) is 6.04 Å². The zero-order chi connectivity index (χ0) is 7.44. The van der Waals surface area contributed by atoms with Gasteiger partial charge in [0.1, 0.15) is 6.23 Å². The van der Waals surface area contributed by atoms with Crippen molar-refractivity contribution in [2.75, 3.05) is 0 Å². The molecule has 1 unspecified atom stereocenters. The molecule has 1 atom stereocenters. The molecule has 0 saturated heterocycles. The molecule has 3 heteroatoms. The van der Waals surface area contributed by atoms with Crippen molar-refractivity contribution >= 4 is 0 Å². The maximum absolute atomic E-state index is 8.98. The monoisotopic (exact) mass is 133 g/mol. The van der Waals surface area contributed by atoms with Crippen molar-refractivity contribution in [2.45, 2.75) is 39.5 Å². The van der Waals surface area contributed by atoms with E-state index >= 15 is 0 Å². The Morgan fingerprint density at radius 2 is 1.89 bits per heavy atom. The number of aliphatic hydroxyl groups excluding tert-OH is 1. The van der Waals surface area contributed by atoms with Crippen molar-refractivity contribution in [3.8, 4) is 0 Å². The number of rotatable bonds is 3. The molecule has 0 aromatic carbocycles. The molecule has 0 bridgehead atoms. The van der Waals surface area contributed by atoms with Crippen LogP contribution in [-0.2, 0) is 0 Å². The highest BCUT2D eigenvalue weighted by molar-refractivity contribution is 4.53. The molecular weight excluding hydrogens is 118 g/mol. The Bertz CT molecular complexity index is 75.5. The van der Waals surface area contributed by atoms with Gasteiger partial charge in [0.05, 0.1) is 0 Å². The predicted molar refractivity (Wildman–Crippen MR) is 35.1 cm³/mol. The average Bonchev–Trinajstić information content (AvgIpc) is 1.84. The summed E-state index contributed by atoms with van der Waals surface area (Å²) in [6.45, 7) is 5.45. The molecule has 0 heterocycles. The van der Waals surface area contributed by atoms with Crippen LogP contribution in [0.5, 0.6) is 0 Å². The lowest BCUT2D eigenvalue weighted by Gasteiger charge is -2.23. The van der Waals surface area contributed by atoms with Crippen LogP contribution < -0.4 is 0 Å². The average molecular weight is 133 g/mol. The van der Waals surface area contributed by atoms with Crippen LogP contribution in [-0.4, -0.2) is 27.6 Å². The van der Waals surface area contributed by atoms with Crippen LogP contribution in [0.25, 0.3) is 0 Å². The van der Waals surface area contributed by atoms with E-state index in [1.54, 1.807) is 0 Å². The van der Waals surface area contributed by atoms with E-state index in [0.29, 0.717) is 6.42 Å². The third kappa shape index (κ3) is 2.79. The van der Waals surface area contributed by atoms with Crippen LogP contribution in [0.4, 0.5) is 0 Å². The van der Waals surface area contributed by atoms with Crippen LogP contribution in [0.15, 0.2) is 0 Å². The topological polar surface area (TPSA) is 43.7 Å². The molecule has 0 amide bonds. The Morgan fingerprint density at radius 3 is 2.00 bits per heavy atom. The summed E-state index contributed by atoms with van der Waals surface area (Å²) in [5.74, 6) is 0. The zero-order valence-corrected chi connectivity index (χ0v) is 6.20. The lowest BCUT2D eigenvalue weighted by atomic mass is 10.3. The first-order chi connectivity index (χ1) is 4.09. The Balaban J connectivity index is 3.58. The highest BCUT2D eigenvalue weighted by Gasteiger charge is 2.12. The minimum Gasteiger partial charge on any atom is -0.376 e. The van der Waals surface area contributed by atoms with E-state index in [4.69, 9.17) is 10.3 Å². The van der Waals surface area contributed by atoms with Crippen molar-refractivity contribution in [3.05, 3.63) is 0 Å². The van der Waals surface area contributed by atoms with Crippen molar-refractivity contribution in [2.24, 2.45) is 0 Å². The quantitative estimate of drug-likeness (QED) is 0.442. The van der Waals surface area contributed by atoms with E-state index in [1.807, 2.05) is 20.8 Å². The van der Waals surface area contributed by atoms with Crippen molar-refractivity contribution in [1.29, 1.82) is 0 Å². The molecule has 3 nitrogen and oxygen atoms in total. The molecule has 0 radical (unpaired) electrons. The largest absolute Gasteiger partial charge is 0.376 e. The SMILES string of the molecule is CCC(O)N(O)C(C)C. The second-order valence-corrected chi connectivity index (χ2v) is 2.36. The number of hydroxylamine groups is 2. The molecule has 0 aliphatic rings. The summed E-state index contributed by atoms with van der Waals surface area (Å²) in [5, 5.41) is 18.9.